The fourth-order valence-corrected chi connectivity index (χ4v) is 2.68. The summed E-state index contributed by atoms with van der Waals surface area (Å²) in [6, 6.07) is 18.5. The van der Waals surface area contributed by atoms with Crippen molar-refractivity contribution in [2.45, 2.75) is 32.0 Å². The van der Waals surface area contributed by atoms with Gasteiger partial charge in [0.05, 0.1) is 6.10 Å². The maximum Gasteiger partial charge on any atom is 0.119 e. The lowest BCUT2D eigenvalue weighted by molar-refractivity contribution is 0.169. The minimum atomic E-state index is -0.200. The van der Waals surface area contributed by atoms with E-state index >= 15 is 0 Å². The molecule has 20 heavy (non-hydrogen) atoms. The first-order valence-corrected chi connectivity index (χ1v) is 7.19. The molecule has 1 N–H and O–H groups in total. The van der Waals surface area contributed by atoms with E-state index < -0.39 is 0 Å². The molecule has 0 bridgehead atoms. The Kier molecular flexibility index (Phi) is 3.75. The Hall–Kier alpha value is -1.80. The van der Waals surface area contributed by atoms with E-state index in [2.05, 4.69) is 24.3 Å². The van der Waals surface area contributed by atoms with Gasteiger partial charge in [-0.1, -0.05) is 42.5 Å². The molecule has 104 valence electrons. The summed E-state index contributed by atoms with van der Waals surface area (Å²) < 4.78 is 5.77. The van der Waals surface area contributed by atoms with Crippen molar-refractivity contribution in [3.8, 4) is 5.75 Å². The molecular formula is C18H20O2. The van der Waals surface area contributed by atoms with Crippen LogP contribution >= 0.6 is 0 Å². The molecule has 3 atom stereocenters. The van der Waals surface area contributed by atoms with Crippen LogP contribution in [0.1, 0.15) is 30.4 Å². The van der Waals surface area contributed by atoms with Crippen molar-refractivity contribution in [3.05, 3.63) is 65.7 Å². The highest BCUT2D eigenvalue weighted by molar-refractivity contribution is 5.33. The van der Waals surface area contributed by atoms with Crippen LogP contribution in [0.5, 0.6) is 5.75 Å². The molecule has 0 unspecified atom stereocenters. The van der Waals surface area contributed by atoms with Crippen molar-refractivity contribution < 1.29 is 9.84 Å². The van der Waals surface area contributed by atoms with Gasteiger partial charge in [0.1, 0.15) is 12.4 Å². The van der Waals surface area contributed by atoms with Crippen molar-refractivity contribution in [1.29, 1.82) is 0 Å². The van der Waals surface area contributed by atoms with Gasteiger partial charge in [-0.15, -0.1) is 0 Å². The van der Waals surface area contributed by atoms with Gasteiger partial charge in [0.2, 0.25) is 0 Å². The van der Waals surface area contributed by atoms with Gasteiger partial charge in [-0.2, -0.15) is 0 Å². The summed E-state index contributed by atoms with van der Waals surface area (Å²) in [5, 5.41) is 9.56. The quantitative estimate of drug-likeness (QED) is 0.895. The van der Waals surface area contributed by atoms with Gasteiger partial charge < -0.3 is 9.84 Å². The summed E-state index contributed by atoms with van der Waals surface area (Å²) in [5.41, 5.74) is 2.48. The van der Waals surface area contributed by atoms with Gasteiger partial charge in [0, 0.05) is 0 Å². The molecule has 0 radical (unpaired) electrons. The Balaban J connectivity index is 1.57. The van der Waals surface area contributed by atoms with Gasteiger partial charge in [0.15, 0.2) is 0 Å². The van der Waals surface area contributed by atoms with Crippen LogP contribution in [0.25, 0.3) is 0 Å². The van der Waals surface area contributed by atoms with Crippen LogP contribution in [0.4, 0.5) is 0 Å². The fraction of sp³-hybridized carbons (Fsp3) is 0.333. The number of hydrogen-bond acceptors (Lipinski definition) is 2. The molecule has 2 nitrogen and oxygen atoms in total. The topological polar surface area (TPSA) is 29.5 Å². The van der Waals surface area contributed by atoms with Crippen molar-refractivity contribution >= 4 is 0 Å². The summed E-state index contributed by atoms with van der Waals surface area (Å²) >= 11 is 0. The monoisotopic (exact) mass is 268 g/mol. The Morgan fingerprint density at radius 3 is 2.40 bits per heavy atom. The molecule has 0 amide bonds. The van der Waals surface area contributed by atoms with Crippen LogP contribution < -0.4 is 4.74 Å². The lowest BCUT2D eigenvalue weighted by Crippen LogP contribution is -2.03. The standard InChI is InChI=1S/C18H20O2/c1-13(19)17-11-18(17)15-7-9-16(10-8-15)20-12-14-5-3-2-4-6-14/h2-10,13,17-19H,11-12H2,1H3/t13-,17+,18+/m0/s1. The highest BCUT2D eigenvalue weighted by atomic mass is 16.5. The van der Waals surface area contributed by atoms with E-state index in [4.69, 9.17) is 4.74 Å². The summed E-state index contributed by atoms with van der Waals surface area (Å²) in [6.07, 6.45) is 0.899. The summed E-state index contributed by atoms with van der Waals surface area (Å²) in [5.74, 6) is 1.86. The molecule has 2 aromatic carbocycles. The zero-order valence-electron chi connectivity index (χ0n) is 11.7. The molecule has 2 heteroatoms. The summed E-state index contributed by atoms with van der Waals surface area (Å²) in [6.45, 7) is 2.47. The summed E-state index contributed by atoms with van der Waals surface area (Å²) in [7, 11) is 0. The number of benzene rings is 2. The zero-order valence-corrected chi connectivity index (χ0v) is 11.7. The summed E-state index contributed by atoms with van der Waals surface area (Å²) in [4.78, 5) is 0. The van der Waals surface area contributed by atoms with E-state index in [0.29, 0.717) is 18.4 Å². The first-order chi connectivity index (χ1) is 9.74. The Bertz CT molecular complexity index is 545. The third kappa shape index (κ3) is 3.02. The first-order valence-electron chi connectivity index (χ1n) is 7.19. The molecule has 1 aliphatic rings. The molecule has 3 rings (SSSR count). The predicted molar refractivity (Wildman–Crippen MR) is 79.7 cm³/mol. The van der Waals surface area contributed by atoms with Crippen molar-refractivity contribution in [1.82, 2.24) is 0 Å². The second kappa shape index (κ2) is 5.68. The minimum absolute atomic E-state index is 0.200. The lowest BCUT2D eigenvalue weighted by atomic mass is 10.1. The third-order valence-electron chi connectivity index (χ3n) is 4.02. The Labute approximate surface area is 120 Å². The molecule has 1 saturated carbocycles. The molecule has 0 saturated heterocycles. The molecule has 0 spiro atoms. The van der Waals surface area contributed by atoms with Gasteiger partial charge in [-0.05, 0) is 48.4 Å². The highest BCUT2D eigenvalue weighted by Crippen LogP contribution is 2.49. The smallest absolute Gasteiger partial charge is 0.119 e. The SMILES string of the molecule is C[C@H](O)[C@H]1C[C@@H]1c1ccc(OCc2ccccc2)cc1. The van der Waals surface area contributed by atoms with Crippen molar-refractivity contribution in [3.63, 3.8) is 0 Å². The van der Waals surface area contributed by atoms with Crippen LogP contribution in [0.3, 0.4) is 0 Å². The van der Waals surface area contributed by atoms with Crippen molar-refractivity contribution in [2.75, 3.05) is 0 Å². The van der Waals surface area contributed by atoms with Crippen LogP contribution in [-0.2, 0) is 6.61 Å². The van der Waals surface area contributed by atoms with Gasteiger partial charge in [-0.25, -0.2) is 0 Å². The van der Waals surface area contributed by atoms with E-state index in [-0.39, 0.29) is 6.10 Å². The van der Waals surface area contributed by atoms with Gasteiger partial charge in [0.25, 0.3) is 0 Å². The minimum Gasteiger partial charge on any atom is -0.489 e. The third-order valence-corrected chi connectivity index (χ3v) is 4.02. The molecule has 1 aliphatic carbocycles. The Morgan fingerprint density at radius 2 is 1.80 bits per heavy atom. The lowest BCUT2D eigenvalue weighted by Gasteiger charge is -2.08. The van der Waals surface area contributed by atoms with E-state index in [9.17, 15) is 5.11 Å². The predicted octanol–water partition coefficient (Wildman–Crippen LogP) is 3.75. The zero-order chi connectivity index (χ0) is 13.9. The highest BCUT2D eigenvalue weighted by Gasteiger charge is 2.41. The maximum atomic E-state index is 9.56. The molecule has 0 aliphatic heterocycles. The molecular weight excluding hydrogens is 248 g/mol. The Morgan fingerprint density at radius 1 is 1.10 bits per heavy atom. The molecule has 0 heterocycles. The average Bonchev–Trinajstić information content (AvgIpc) is 3.27. The molecule has 0 aromatic heterocycles. The van der Waals surface area contributed by atoms with Crippen LogP contribution in [-0.4, -0.2) is 11.2 Å². The first kappa shape index (κ1) is 13.2. The fourth-order valence-electron chi connectivity index (χ4n) is 2.68. The van der Waals surface area contributed by atoms with Gasteiger partial charge >= 0.3 is 0 Å². The largest absolute Gasteiger partial charge is 0.489 e. The van der Waals surface area contributed by atoms with Crippen LogP contribution in [0.2, 0.25) is 0 Å². The molecule has 2 aromatic rings. The second-order valence-electron chi connectivity index (χ2n) is 5.59. The number of ether oxygens (including phenoxy) is 1. The van der Waals surface area contributed by atoms with E-state index in [1.54, 1.807) is 0 Å². The molecule has 1 fully saturated rings. The van der Waals surface area contributed by atoms with E-state index in [0.717, 1.165) is 12.2 Å². The number of rotatable bonds is 5. The van der Waals surface area contributed by atoms with Gasteiger partial charge in [-0.3, -0.25) is 0 Å². The normalized spacial score (nSPS) is 22.3. The van der Waals surface area contributed by atoms with Crippen LogP contribution in [0, 0.1) is 5.92 Å². The average molecular weight is 268 g/mol. The number of aliphatic hydroxyl groups is 1. The van der Waals surface area contributed by atoms with E-state index in [1.165, 1.54) is 11.1 Å². The number of aliphatic hydroxyl groups excluding tert-OH is 1. The maximum absolute atomic E-state index is 9.56. The van der Waals surface area contributed by atoms with E-state index in [1.807, 2.05) is 37.3 Å². The van der Waals surface area contributed by atoms with Crippen LogP contribution in [0.15, 0.2) is 54.6 Å². The number of hydrogen-bond donors (Lipinski definition) is 1. The second-order valence-corrected chi connectivity index (χ2v) is 5.59. The van der Waals surface area contributed by atoms with Crippen molar-refractivity contribution in [2.24, 2.45) is 5.92 Å².